The van der Waals surface area contributed by atoms with Crippen molar-refractivity contribution in [1.29, 1.82) is 0 Å². The van der Waals surface area contributed by atoms with Crippen LogP contribution in [0.3, 0.4) is 0 Å². The molecule has 7 heavy (non-hydrogen) atoms. The van der Waals surface area contributed by atoms with Crippen molar-refractivity contribution in [2.45, 2.75) is 0 Å². The molecule has 0 rings (SSSR count). The van der Waals surface area contributed by atoms with Crippen LogP contribution in [0.2, 0.25) is 0 Å². The van der Waals surface area contributed by atoms with Crippen molar-refractivity contribution in [3.8, 4) is 0 Å². The summed E-state index contributed by atoms with van der Waals surface area (Å²) in [4.78, 5) is 25.6. The van der Waals surface area contributed by atoms with Crippen LogP contribution in [-0.4, -0.2) is 17.6 Å². The predicted molar refractivity (Wildman–Crippen MR) is 13.4 cm³/mol. The van der Waals surface area contributed by atoms with Gasteiger partial charge in [0.2, 0.25) is 0 Å². The van der Waals surface area contributed by atoms with Crippen molar-refractivity contribution >= 4 is 25.4 Å². The van der Waals surface area contributed by atoms with E-state index in [1.54, 1.807) is 0 Å². The van der Waals surface area contributed by atoms with Gasteiger partial charge in [-0.05, 0) is 0 Å². The molecule has 0 aromatic rings. The number of phosphoric acid groups is 1. The van der Waals surface area contributed by atoms with Gasteiger partial charge < -0.3 is 19.2 Å². The minimum absolute atomic E-state index is 0. The van der Waals surface area contributed by atoms with Gasteiger partial charge in [-0.15, -0.1) is 0 Å². The Hall–Kier alpha value is 1.25. The van der Waals surface area contributed by atoms with Crippen molar-refractivity contribution in [2.24, 2.45) is 0 Å². The fourth-order valence-electron chi connectivity index (χ4n) is 0. The Morgan fingerprint density at radius 3 is 1.14 bits per heavy atom. The molecular formula is GeLiO4P-2. The summed E-state index contributed by atoms with van der Waals surface area (Å²) < 4.78 is 8.55. The molecule has 7 heteroatoms. The summed E-state index contributed by atoms with van der Waals surface area (Å²) in [5, 5.41) is 0. The van der Waals surface area contributed by atoms with E-state index in [0.717, 1.165) is 0 Å². The minimum Gasteiger partial charge on any atom is -0.822 e. The molecule has 0 amide bonds. The third-order valence-electron chi connectivity index (χ3n) is 0. The van der Waals surface area contributed by atoms with Crippen LogP contribution >= 0.6 is 7.82 Å². The van der Waals surface area contributed by atoms with Crippen LogP contribution in [0.5, 0.6) is 0 Å². The van der Waals surface area contributed by atoms with E-state index in [0.29, 0.717) is 0 Å². The normalized spacial score (nSPS) is 8.43. The Labute approximate surface area is 63.7 Å². The van der Waals surface area contributed by atoms with E-state index in [9.17, 15) is 0 Å². The quantitative estimate of drug-likeness (QED) is 0.270. The Morgan fingerprint density at radius 2 is 1.14 bits per heavy atom. The third kappa shape index (κ3) is 128. The SMILES string of the molecule is O=P([O-])([O-])[O-].[Ge].[Li+]. The molecule has 0 unspecified atom stereocenters. The molecule has 0 heterocycles. The van der Waals surface area contributed by atoms with Gasteiger partial charge in [-0.3, -0.25) is 0 Å². The van der Waals surface area contributed by atoms with Crippen LogP contribution in [0, 0.1) is 0 Å². The first kappa shape index (κ1) is 15.7. The monoisotopic (exact) mass is 176 g/mol. The molecule has 0 spiro atoms. The Balaban J connectivity index is -0.0000000800. The average molecular weight is 175 g/mol. The molecule has 0 saturated heterocycles. The summed E-state index contributed by atoms with van der Waals surface area (Å²) in [6.07, 6.45) is 0. The standard InChI is InChI=1S/Ge.Li.H3O4P/c;;1-5(2,3)4/h;;(H3,1,2,3,4)/q;+1;/p-3. The van der Waals surface area contributed by atoms with E-state index in [2.05, 4.69) is 0 Å². The first-order valence-electron chi connectivity index (χ1n) is 0.730. The molecule has 0 N–H and O–H groups in total. The molecule has 4 radical (unpaired) electrons. The van der Waals surface area contributed by atoms with Crippen molar-refractivity contribution in [3.05, 3.63) is 0 Å². The van der Waals surface area contributed by atoms with Gasteiger partial charge in [0.15, 0.2) is 0 Å². The maximum absolute atomic E-state index is 8.55. The van der Waals surface area contributed by atoms with E-state index < -0.39 is 7.82 Å². The Kier molecular flexibility index (Phi) is 12.1. The van der Waals surface area contributed by atoms with E-state index in [1.807, 2.05) is 0 Å². The second kappa shape index (κ2) is 5.39. The second-order valence-corrected chi connectivity index (χ2v) is 1.34. The molecule has 0 aliphatic carbocycles. The largest absolute Gasteiger partial charge is 1.00 e. The molecule has 0 fully saturated rings. The molecule has 0 saturated carbocycles. The summed E-state index contributed by atoms with van der Waals surface area (Å²) in [5.74, 6) is 0. The number of hydrogen-bond donors (Lipinski definition) is 0. The summed E-state index contributed by atoms with van der Waals surface area (Å²) in [6.45, 7) is 0. The van der Waals surface area contributed by atoms with Gasteiger partial charge in [-0.1, -0.05) is 0 Å². The molecule has 0 bridgehead atoms. The zero-order valence-electron chi connectivity index (χ0n) is 3.58. The van der Waals surface area contributed by atoms with E-state index in [1.165, 1.54) is 0 Å². The number of hydrogen-bond acceptors (Lipinski definition) is 4. The predicted octanol–water partition coefficient (Wildman–Crippen LogP) is -6.20. The Bertz CT molecular complexity index is 57.8. The molecule has 0 aromatic carbocycles. The zero-order valence-corrected chi connectivity index (χ0v) is 6.57. The van der Waals surface area contributed by atoms with Crippen LogP contribution in [-0.2, 0) is 4.57 Å². The first-order valence-corrected chi connectivity index (χ1v) is 2.19. The van der Waals surface area contributed by atoms with Crippen molar-refractivity contribution in [1.82, 2.24) is 0 Å². The van der Waals surface area contributed by atoms with E-state index >= 15 is 0 Å². The van der Waals surface area contributed by atoms with Crippen molar-refractivity contribution in [3.63, 3.8) is 0 Å². The average Bonchev–Trinajstić information content (AvgIpc) is 0.722. The minimum atomic E-state index is -5.39. The van der Waals surface area contributed by atoms with Gasteiger partial charge in [-0.2, -0.15) is 7.82 Å². The molecule has 0 aliphatic rings. The smallest absolute Gasteiger partial charge is 0.822 e. The summed E-state index contributed by atoms with van der Waals surface area (Å²) in [6, 6.07) is 0. The zero-order chi connectivity index (χ0) is 4.50. The fraction of sp³-hybridized carbons (Fsp3) is 0. The Morgan fingerprint density at radius 1 is 1.14 bits per heavy atom. The van der Waals surface area contributed by atoms with Crippen LogP contribution in [0.4, 0.5) is 0 Å². The van der Waals surface area contributed by atoms with Crippen molar-refractivity contribution < 1.29 is 38.1 Å². The third-order valence-corrected chi connectivity index (χ3v) is 0. The van der Waals surface area contributed by atoms with Gasteiger partial charge in [0.25, 0.3) is 0 Å². The maximum Gasteiger partial charge on any atom is 1.00 e. The van der Waals surface area contributed by atoms with Gasteiger partial charge >= 0.3 is 18.9 Å². The van der Waals surface area contributed by atoms with Gasteiger partial charge in [0.05, 0.1) is 0 Å². The maximum atomic E-state index is 8.55. The molecule has 4 nitrogen and oxygen atoms in total. The molecule has 0 aromatic heterocycles. The van der Waals surface area contributed by atoms with Crippen LogP contribution in [0.15, 0.2) is 0 Å². The second-order valence-electron chi connectivity index (χ2n) is 0.447. The first-order chi connectivity index (χ1) is 2.00. The molecule has 0 aliphatic heterocycles. The molecular weight excluding hydrogens is 175 g/mol. The fourth-order valence-corrected chi connectivity index (χ4v) is 0. The molecule has 0 atom stereocenters. The summed E-state index contributed by atoms with van der Waals surface area (Å²) in [5.41, 5.74) is 0. The summed E-state index contributed by atoms with van der Waals surface area (Å²) in [7, 11) is -5.39. The van der Waals surface area contributed by atoms with Gasteiger partial charge in [-0.25, -0.2) is 0 Å². The topological polar surface area (TPSA) is 86.2 Å². The summed E-state index contributed by atoms with van der Waals surface area (Å²) >= 11 is 0. The van der Waals surface area contributed by atoms with Crippen LogP contribution in [0.25, 0.3) is 0 Å². The van der Waals surface area contributed by atoms with Crippen molar-refractivity contribution in [2.75, 3.05) is 0 Å². The van der Waals surface area contributed by atoms with E-state index in [-0.39, 0.29) is 36.5 Å². The van der Waals surface area contributed by atoms with Crippen LogP contribution < -0.4 is 33.5 Å². The van der Waals surface area contributed by atoms with Gasteiger partial charge in [0.1, 0.15) is 0 Å². The van der Waals surface area contributed by atoms with Gasteiger partial charge in [0, 0.05) is 17.6 Å². The number of rotatable bonds is 0. The molecule has 36 valence electrons. The van der Waals surface area contributed by atoms with E-state index in [4.69, 9.17) is 19.2 Å². The van der Waals surface area contributed by atoms with Crippen LogP contribution in [0.1, 0.15) is 0 Å².